The van der Waals surface area contributed by atoms with Gasteiger partial charge in [0.05, 0.1) is 5.69 Å². The van der Waals surface area contributed by atoms with Crippen LogP contribution >= 0.6 is 0 Å². The zero-order valence-corrected chi connectivity index (χ0v) is 16.3. The molecule has 3 rings (SSSR count). The standard InChI is InChI=1S/C22H23F2NO3/c1-5-6-18(26)21-12-22(23,24)14(3)17(19(21)15(4)28-20(21)27)10-9-16-8-7-13(2)11-25-16/h7-11,14-15,17,19H,12H2,1-4H3/b10-9+/t14-,15+,17-,19-,21-/m0/s1. The van der Waals surface area contributed by atoms with Crippen molar-refractivity contribution in [2.75, 3.05) is 0 Å². The Hall–Kier alpha value is -2.55. The summed E-state index contributed by atoms with van der Waals surface area (Å²) in [5, 5.41) is 0. The summed E-state index contributed by atoms with van der Waals surface area (Å²) in [5.74, 6) is -2.63. The molecular formula is C22H23F2NO3. The van der Waals surface area contributed by atoms with Crippen molar-refractivity contribution in [3.63, 3.8) is 0 Å². The Kier molecular flexibility index (Phi) is 5.14. The van der Waals surface area contributed by atoms with Gasteiger partial charge in [0, 0.05) is 24.5 Å². The van der Waals surface area contributed by atoms with Crippen LogP contribution in [0.3, 0.4) is 0 Å². The van der Waals surface area contributed by atoms with Crippen molar-refractivity contribution in [2.24, 2.45) is 23.2 Å². The molecule has 0 radical (unpaired) electrons. The van der Waals surface area contributed by atoms with Gasteiger partial charge in [0.1, 0.15) is 6.10 Å². The number of pyridine rings is 1. The summed E-state index contributed by atoms with van der Waals surface area (Å²) in [7, 11) is 0. The van der Waals surface area contributed by atoms with E-state index in [4.69, 9.17) is 4.74 Å². The fraction of sp³-hybridized carbons (Fsp3) is 0.500. The van der Waals surface area contributed by atoms with Crippen LogP contribution in [-0.2, 0) is 14.3 Å². The molecule has 1 aliphatic carbocycles. The number of aromatic nitrogens is 1. The van der Waals surface area contributed by atoms with Crippen LogP contribution in [-0.4, -0.2) is 28.8 Å². The van der Waals surface area contributed by atoms with Gasteiger partial charge in [-0.15, -0.1) is 0 Å². The predicted octanol–water partition coefficient (Wildman–Crippen LogP) is 3.83. The monoisotopic (exact) mass is 387 g/mol. The number of Topliss-reactive ketones (excluding diaryl/α,β-unsaturated/α-hetero) is 1. The number of hydrogen-bond acceptors (Lipinski definition) is 4. The van der Waals surface area contributed by atoms with Crippen LogP contribution in [0.1, 0.15) is 38.4 Å². The number of carbonyl (C=O) groups is 2. The van der Waals surface area contributed by atoms with Gasteiger partial charge in [-0.2, -0.15) is 0 Å². The lowest BCUT2D eigenvalue weighted by molar-refractivity contribution is -0.175. The number of aryl methyl sites for hydroxylation is 1. The third-order valence-electron chi connectivity index (χ3n) is 5.97. The molecule has 28 heavy (non-hydrogen) atoms. The van der Waals surface area contributed by atoms with Gasteiger partial charge in [0.25, 0.3) is 5.92 Å². The molecule has 0 amide bonds. The smallest absolute Gasteiger partial charge is 0.321 e. The molecule has 148 valence electrons. The Morgan fingerprint density at radius 2 is 2.07 bits per heavy atom. The van der Waals surface area contributed by atoms with E-state index in [0.29, 0.717) is 5.69 Å². The van der Waals surface area contributed by atoms with Crippen LogP contribution in [0.25, 0.3) is 6.08 Å². The van der Waals surface area contributed by atoms with E-state index in [0.717, 1.165) is 5.56 Å². The van der Waals surface area contributed by atoms with Crippen LogP contribution in [0.2, 0.25) is 0 Å². The number of allylic oxidation sites excluding steroid dienone is 1. The van der Waals surface area contributed by atoms with E-state index in [-0.39, 0.29) is 0 Å². The van der Waals surface area contributed by atoms with Gasteiger partial charge in [0.15, 0.2) is 5.41 Å². The van der Waals surface area contributed by atoms with Crippen LogP contribution in [0.15, 0.2) is 24.4 Å². The molecule has 1 aliphatic heterocycles. The average Bonchev–Trinajstić information content (AvgIpc) is 2.87. The number of alkyl halides is 2. The minimum absolute atomic E-state index is 0.620. The highest BCUT2D eigenvalue weighted by Gasteiger charge is 2.71. The van der Waals surface area contributed by atoms with Gasteiger partial charge < -0.3 is 4.74 Å². The van der Waals surface area contributed by atoms with Crippen molar-refractivity contribution >= 4 is 17.8 Å². The average molecular weight is 387 g/mol. The number of halogens is 2. The lowest BCUT2D eigenvalue weighted by atomic mass is 9.55. The van der Waals surface area contributed by atoms with Crippen LogP contribution in [0, 0.1) is 41.9 Å². The SMILES string of the molecule is CC#CC(=O)[C@@]12CC(F)(F)[C@@H](C)[C@H](/C=C/c3ccc(C)cn3)[C@@H]1[C@@H](C)OC2=O. The van der Waals surface area contributed by atoms with Crippen molar-refractivity contribution in [2.45, 2.75) is 46.1 Å². The first-order valence-corrected chi connectivity index (χ1v) is 9.30. The highest BCUT2D eigenvalue weighted by molar-refractivity contribution is 6.14. The summed E-state index contributed by atoms with van der Waals surface area (Å²) in [5.41, 5.74) is -0.329. The molecule has 2 fully saturated rings. The topological polar surface area (TPSA) is 56.3 Å². The number of rotatable bonds is 3. The molecule has 2 heterocycles. The molecule has 1 aromatic rings. The minimum Gasteiger partial charge on any atom is -0.462 e. The van der Waals surface area contributed by atoms with Gasteiger partial charge in [-0.3, -0.25) is 14.6 Å². The fourth-order valence-corrected chi connectivity index (χ4v) is 4.46. The first-order chi connectivity index (χ1) is 13.1. The van der Waals surface area contributed by atoms with Gasteiger partial charge in [-0.05, 0) is 50.3 Å². The third kappa shape index (κ3) is 3.13. The summed E-state index contributed by atoms with van der Waals surface area (Å²) < 4.78 is 35.2. The van der Waals surface area contributed by atoms with Crippen molar-refractivity contribution in [1.29, 1.82) is 0 Å². The van der Waals surface area contributed by atoms with E-state index in [1.54, 1.807) is 31.3 Å². The highest BCUT2D eigenvalue weighted by Crippen LogP contribution is 2.59. The van der Waals surface area contributed by atoms with Crippen molar-refractivity contribution < 1.29 is 23.1 Å². The van der Waals surface area contributed by atoms with Gasteiger partial charge in [-0.25, -0.2) is 8.78 Å². The normalized spacial score (nSPS) is 33.7. The molecule has 0 unspecified atom stereocenters. The molecular weight excluding hydrogens is 364 g/mol. The van der Waals surface area contributed by atoms with E-state index < -0.39 is 53.4 Å². The Labute approximate surface area is 163 Å². The molecule has 2 aliphatic rings. The van der Waals surface area contributed by atoms with E-state index in [1.165, 1.54) is 13.8 Å². The van der Waals surface area contributed by atoms with Crippen LogP contribution in [0.4, 0.5) is 8.78 Å². The molecule has 0 spiro atoms. The maximum absolute atomic E-state index is 15.0. The van der Waals surface area contributed by atoms with E-state index >= 15 is 0 Å². The van der Waals surface area contributed by atoms with Crippen molar-refractivity contribution in [3.05, 3.63) is 35.7 Å². The van der Waals surface area contributed by atoms with Gasteiger partial charge >= 0.3 is 5.97 Å². The molecule has 0 aromatic carbocycles. The number of esters is 1. The Balaban J connectivity index is 2.09. The first kappa shape index (κ1) is 20.2. The summed E-state index contributed by atoms with van der Waals surface area (Å²) in [6.45, 7) is 6.45. The van der Waals surface area contributed by atoms with Gasteiger partial charge in [0.2, 0.25) is 5.78 Å². The lowest BCUT2D eigenvalue weighted by Crippen LogP contribution is -2.56. The second kappa shape index (κ2) is 7.12. The molecule has 1 aromatic heterocycles. The first-order valence-electron chi connectivity index (χ1n) is 9.30. The van der Waals surface area contributed by atoms with E-state index in [2.05, 4.69) is 16.8 Å². The molecule has 1 saturated carbocycles. The number of carbonyl (C=O) groups excluding carboxylic acids is 2. The van der Waals surface area contributed by atoms with Crippen LogP contribution in [0.5, 0.6) is 0 Å². The summed E-state index contributed by atoms with van der Waals surface area (Å²) in [6, 6.07) is 3.67. The molecule has 4 nitrogen and oxygen atoms in total. The largest absolute Gasteiger partial charge is 0.462 e. The quantitative estimate of drug-likeness (QED) is 0.342. The summed E-state index contributed by atoms with van der Waals surface area (Å²) in [4.78, 5) is 29.7. The Bertz CT molecular complexity index is 881. The fourth-order valence-electron chi connectivity index (χ4n) is 4.46. The molecule has 5 atom stereocenters. The second-order valence-corrected chi connectivity index (χ2v) is 7.74. The zero-order chi connectivity index (χ0) is 20.7. The van der Waals surface area contributed by atoms with Crippen molar-refractivity contribution in [3.8, 4) is 11.8 Å². The minimum atomic E-state index is -3.21. The van der Waals surface area contributed by atoms with Crippen LogP contribution < -0.4 is 0 Å². The molecule has 6 heteroatoms. The number of nitrogens with zero attached hydrogens (tertiary/aromatic N) is 1. The maximum Gasteiger partial charge on any atom is 0.321 e. The maximum atomic E-state index is 15.0. The second-order valence-electron chi connectivity index (χ2n) is 7.74. The summed E-state index contributed by atoms with van der Waals surface area (Å²) >= 11 is 0. The molecule has 0 bridgehead atoms. The van der Waals surface area contributed by atoms with Gasteiger partial charge in [-0.1, -0.05) is 25.0 Å². The number of cyclic esters (lactones) is 1. The third-order valence-corrected chi connectivity index (χ3v) is 5.97. The zero-order valence-electron chi connectivity index (χ0n) is 16.3. The van der Waals surface area contributed by atoms with E-state index in [1.807, 2.05) is 13.0 Å². The summed E-state index contributed by atoms with van der Waals surface area (Å²) in [6.07, 6.45) is 3.47. The number of fused-ring (bicyclic) bond motifs is 1. The molecule has 0 N–H and O–H groups in total. The Morgan fingerprint density at radius 3 is 2.68 bits per heavy atom. The number of ketones is 1. The highest BCUT2D eigenvalue weighted by atomic mass is 19.3. The molecule has 1 saturated heterocycles. The number of hydrogen-bond donors (Lipinski definition) is 0. The van der Waals surface area contributed by atoms with Crippen molar-refractivity contribution in [1.82, 2.24) is 4.98 Å². The predicted molar refractivity (Wildman–Crippen MR) is 100 cm³/mol. The Morgan fingerprint density at radius 1 is 1.36 bits per heavy atom. The number of ether oxygens (including phenoxy) is 1. The lowest BCUT2D eigenvalue weighted by Gasteiger charge is -2.46. The van der Waals surface area contributed by atoms with E-state index in [9.17, 15) is 18.4 Å².